The molecule has 1 aromatic heterocycles. The van der Waals surface area contributed by atoms with E-state index in [2.05, 4.69) is 55.9 Å². The Labute approximate surface area is 181 Å². The predicted molar refractivity (Wildman–Crippen MR) is 129 cm³/mol. The van der Waals surface area contributed by atoms with Gasteiger partial charge in [0.25, 0.3) is 0 Å². The lowest BCUT2D eigenvalue weighted by atomic mass is 10.1. The fourth-order valence-corrected chi connectivity index (χ4v) is 3.98. The van der Waals surface area contributed by atoms with Crippen LogP contribution in [0.5, 0.6) is 0 Å². The van der Waals surface area contributed by atoms with Gasteiger partial charge in [0.05, 0.1) is 42.1 Å². The first kappa shape index (κ1) is 24.8. The molecule has 154 valence electrons. The summed E-state index contributed by atoms with van der Waals surface area (Å²) < 4.78 is 0. The molecule has 28 heavy (non-hydrogen) atoms. The van der Waals surface area contributed by atoms with Crippen molar-refractivity contribution in [3.8, 4) is 11.3 Å². The van der Waals surface area contributed by atoms with Gasteiger partial charge in [0.2, 0.25) is 0 Å². The van der Waals surface area contributed by atoms with Crippen molar-refractivity contribution in [3.05, 3.63) is 52.5 Å². The standard InChI is InChI=1S/C13H14Cl2N2.C9H18NP/c1-8(2)5-13-16-7-12(17-13)9-3-4-10(14)11(15)6-9;1-7(2)6-9(11-5)8(3)10-4/h3-4,6-8H,5H2,1-2H3,(H,16,17);7,9-10H,3,5-6H2,1-2,4H3/p+1. The number of nitrogens with one attached hydrogen (secondary N) is 2. The van der Waals surface area contributed by atoms with Crippen molar-refractivity contribution in [3.63, 3.8) is 0 Å². The third-order valence-corrected chi connectivity index (χ3v) is 5.97. The number of H-pyrrole nitrogens is 1. The highest BCUT2D eigenvalue weighted by molar-refractivity contribution is 7.37. The molecular weight excluding hydrogens is 408 g/mol. The number of aromatic amines is 1. The Hall–Kier alpha value is -1.28. The Morgan fingerprint density at radius 2 is 1.86 bits per heavy atom. The van der Waals surface area contributed by atoms with Crippen LogP contribution in [0.1, 0.15) is 39.9 Å². The number of rotatable bonds is 8. The molecule has 2 unspecified atom stereocenters. The molecule has 0 bridgehead atoms. The summed E-state index contributed by atoms with van der Waals surface area (Å²) in [6, 6.07) is 5.57. The van der Waals surface area contributed by atoms with Gasteiger partial charge in [-0.3, -0.25) is 0 Å². The van der Waals surface area contributed by atoms with E-state index in [-0.39, 0.29) is 0 Å². The van der Waals surface area contributed by atoms with Crippen molar-refractivity contribution in [1.82, 2.24) is 15.3 Å². The molecule has 0 aliphatic rings. The van der Waals surface area contributed by atoms with E-state index in [0.717, 1.165) is 35.1 Å². The van der Waals surface area contributed by atoms with E-state index in [1.807, 2.05) is 25.4 Å². The zero-order chi connectivity index (χ0) is 21.3. The molecule has 3 nitrogen and oxygen atoms in total. The van der Waals surface area contributed by atoms with Gasteiger partial charge in [0, 0.05) is 19.0 Å². The van der Waals surface area contributed by atoms with Crippen LogP contribution in [-0.4, -0.2) is 29.0 Å². The molecule has 0 aliphatic carbocycles. The van der Waals surface area contributed by atoms with Gasteiger partial charge in [-0.1, -0.05) is 63.5 Å². The number of imidazole rings is 1. The highest BCUT2D eigenvalue weighted by atomic mass is 35.5. The van der Waals surface area contributed by atoms with Gasteiger partial charge in [0.1, 0.15) is 5.82 Å². The van der Waals surface area contributed by atoms with Crippen LogP contribution < -0.4 is 5.32 Å². The van der Waals surface area contributed by atoms with Crippen LogP contribution in [0.15, 0.2) is 36.7 Å². The zero-order valence-electron chi connectivity index (χ0n) is 17.6. The van der Waals surface area contributed by atoms with Gasteiger partial charge in [-0.15, -0.1) is 0 Å². The van der Waals surface area contributed by atoms with Crippen molar-refractivity contribution >= 4 is 37.7 Å². The maximum absolute atomic E-state index is 5.99. The largest absolute Gasteiger partial charge is 0.388 e. The SMILES string of the molecule is C=[PH+]C(CC(C)C)C(=C)NC.CC(C)Cc1ncc(-c2ccc(Cl)c(Cl)c2)[nH]1. The van der Waals surface area contributed by atoms with E-state index in [1.165, 1.54) is 6.42 Å². The topological polar surface area (TPSA) is 40.7 Å². The Morgan fingerprint density at radius 1 is 1.18 bits per heavy atom. The Bertz CT molecular complexity index is 769. The first-order valence-corrected chi connectivity index (χ1v) is 11.6. The molecule has 0 radical (unpaired) electrons. The molecular formula is C22H33Cl2N3P+. The van der Waals surface area contributed by atoms with E-state index >= 15 is 0 Å². The maximum Gasteiger partial charge on any atom is 0.152 e. The van der Waals surface area contributed by atoms with E-state index in [0.29, 0.717) is 29.8 Å². The monoisotopic (exact) mass is 440 g/mol. The Balaban J connectivity index is 0.000000311. The quantitative estimate of drug-likeness (QED) is 0.441. The lowest BCUT2D eigenvalue weighted by Crippen LogP contribution is -2.17. The minimum absolute atomic E-state index is 0.559. The van der Waals surface area contributed by atoms with Crippen LogP contribution in [0.3, 0.4) is 0 Å². The molecule has 2 rings (SSSR count). The molecule has 0 saturated carbocycles. The smallest absolute Gasteiger partial charge is 0.152 e. The van der Waals surface area contributed by atoms with Crippen LogP contribution in [-0.2, 0) is 6.42 Å². The van der Waals surface area contributed by atoms with Crippen LogP contribution in [0.4, 0.5) is 0 Å². The van der Waals surface area contributed by atoms with Crippen LogP contribution in [0.2, 0.25) is 10.0 Å². The summed E-state index contributed by atoms with van der Waals surface area (Å²) in [5, 5.41) is 4.22. The molecule has 2 N–H and O–H groups in total. The summed E-state index contributed by atoms with van der Waals surface area (Å²) in [4.78, 5) is 7.65. The minimum Gasteiger partial charge on any atom is -0.388 e. The number of nitrogens with zero attached hydrogens (tertiary/aromatic N) is 1. The molecule has 0 aliphatic heterocycles. The Kier molecular flexibility index (Phi) is 10.9. The molecule has 2 aromatic rings. The average molecular weight is 441 g/mol. The summed E-state index contributed by atoms with van der Waals surface area (Å²) in [7, 11) is 2.64. The van der Waals surface area contributed by atoms with Gasteiger partial charge in [0.15, 0.2) is 5.66 Å². The van der Waals surface area contributed by atoms with E-state index in [9.17, 15) is 0 Å². The summed E-state index contributed by atoms with van der Waals surface area (Å²) in [5.74, 6) is 2.32. The van der Waals surface area contributed by atoms with Crippen molar-refractivity contribution in [2.45, 2.75) is 46.2 Å². The second kappa shape index (κ2) is 12.3. The zero-order valence-corrected chi connectivity index (χ0v) is 20.1. The number of halogens is 2. The first-order valence-electron chi connectivity index (χ1n) is 9.56. The molecule has 2 atom stereocenters. The van der Waals surface area contributed by atoms with Crippen molar-refractivity contribution < 1.29 is 0 Å². The van der Waals surface area contributed by atoms with E-state index in [4.69, 9.17) is 23.2 Å². The number of aromatic nitrogens is 2. The molecule has 0 saturated heterocycles. The first-order chi connectivity index (χ1) is 13.2. The molecule has 1 heterocycles. The molecule has 0 amide bonds. The van der Waals surface area contributed by atoms with Crippen molar-refractivity contribution in [2.24, 2.45) is 11.8 Å². The van der Waals surface area contributed by atoms with Gasteiger partial charge < -0.3 is 10.3 Å². The molecule has 0 fully saturated rings. The lowest BCUT2D eigenvalue weighted by molar-refractivity contribution is 0.583. The highest BCUT2D eigenvalue weighted by Gasteiger charge is 2.15. The number of allylic oxidation sites excluding steroid dienone is 1. The predicted octanol–water partition coefficient (Wildman–Crippen LogP) is 6.83. The number of benzene rings is 1. The summed E-state index contributed by atoms with van der Waals surface area (Å²) in [6.45, 7) is 12.8. The normalized spacial score (nSPS) is 12.0. The van der Waals surface area contributed by atoms with Gasteiger partial charge in [-0.05, 0) is 30.4 Å². The Morgan fingerprint density at radius 3 is 2.36 bits per heavy atom. The minimum atomic E-state index is 0.559. The van der Waals surface area contributed by atoms with E-state index < -0.39 is 0 Å². The fraction of sp³-hybridized carbons (Fsp3) is 0.455. The van der Waals surface area contributed by atoms with E-state index in [1.54, 1.807) is 6.07 Å². The summed E-state index contributed by atoms with van der Waals surface area (Å²) >= 11 is 11.9. The fourth-order valence-electron chi connectivity index (χ4n) is 2.66. The lowest BCUT2D eigenvalue weighted by Gasteiger charge is -2.11. The second-order valence-corrected chi connectivity index (χ2v) is 9.55. The highest BCUT2D eigenvalue weighted by Crippen LogP contribution is 2.27. The molecule has 6 heteroatoms. The summed E-state index contributed by atoms with van der Waals surface area (Å²) in [5.41, 5.74) is 3.67. The van der Waals surface area contributed by atoms with Crippen LogP contribution >= 0.6 is 31.4 Å². The maximum atomic E-state index is 5.99. The van der Waals surface area contributed by atoms with Crippen molar-refractivity contribution in [1.29, 1.82) is 0 Å². The van der Waals surface area contributed by atoms with Crippen LogP contribution in [0, 0.1) is 11.8 Å². The average Bonchev–Trinajstić information content (AvgIpc) is 3.09. The molecule has 0 spiro atoms. The van der Waals surface area contributed by atoms with Gasteiger partial charge >= 0.3 is 0 Å². The van der Waals surface area contributed by atoms with Gasteiger partial charge in [-0.2, -0.15) is 0 Å². The third kappa shape index (κ3) is 8.39. The van der Waals surface area contributed by atoms with Gasteiger partial charge in [-0.25, -0.2) is 4.98 Å². The second-order valence-electron chi connectivity index (χ2n) is 7.63. The van der Waals surface area contributed by atoms with Crippen LogP contribution in [0.25, 0.3) is 11.3 Å². The summed E-state index contributed by atoms with van der Waals surface area (Å²) in [6.07, 6.45) is 7.91. The van der Waals surface area contributed by atoms with Crippen molar-refractivity contribution in [2.75, 3.05) is 7.05 Å². The third-order valence-electron chi connectivity index (χ3n) is 4.16. The molecule has 1 aromatic carbocycles. The number of hydrogen-bond donors (Lipinski definition) is 2. The number of hydrogen-bond acceptors (Lipinski definition) is 2.